The molecule has 114 valence electrons. The van der Waals surface area contributed by atoms with E-state index < -0.39 is 11.9 Å². The van der Waals surface area contributed by atoms with Crippen LogP contribution in [0, 0.1) is 5.92 Å². The summed E-state index contributed by atoms with van der Waals surface area (Å²) in [5.41, 5.74) is 0.645. The predicted octanol–water partition coefficient (Wildman–Crippen LogP) is 1.93. The number of amides is 2. The zero-order valence-corrected chi connectivity index (χ0v) is 12.2. The van der Waals surface area contributed by atoms with E-state index in [1.807, 2.05) is 13.8 Å². The van der Waals surface area contributed by atoms with Crippen LogP contribution in [-0.4, -0.2) is 43.9 Å². The highest BCUT2D eigenvalue weighted by molar-refractivity contribution is 5.90. The third-order valence-corrected chi connectivity index (χ3v) is 4.47. The largest absolute Gasteiger partial charge is 0.481 e. The smallest absolute Gasteiger partial charge is 0.322 e. The normalized spacial score (nSPS) is 27.4. The number of fused-ring (bicyclic) bond motifs is 2. The van der Waals surface area contributed by atoms with Crippen LogP contribution in [0.5, 0.6) is 0 Å². The lowest BCUT2D eigenvalue weighted by atomic mass is 9.89. The number of carbonyl (C=O) groups is 2. The Morgan fingerprint density at radius 3 is 2.76 bits per heavy atom. The van der Waals surface area contributed by atoms with E-state index in [1.165, 1.54) is 0 Å². The first-order chi connectivity index (χ1) is 9.97. The molecule has 2 aliphatic rings. The molecule has 1 aromatic rings. The van der Waals surface area contributed by atoms with Crippen LogP contribution in [0.3, 0.4) is 0 Å². The second-order valence-electron chi connectivity index (χ2n) is 6.12. The molecular weight excluding hydrogens is 272 g/mol. The average molecular weight is 292 g/mol. The highest BCUT2D eigenvalue weighted by Gasteiger charge is 2.51. The van der Waals surface area contributed by atoms with E-state index in [1.54, 1.807) is 22.0 Å². The number of aliphatic carboxylic acids is 1. The fourth-order valence-electron chi connectivity index (χ4n) is 3.44. The van der Waals surface area contributed by atoms with Gasteiger partial charge in [0.2, 0.25) is 0 Å². The number of urea groups is 1. The number of carboxylic acids is 1. The standard InChI is InChI=1S/C14H20N4O3/c1-8(2)17-7-9(6-15-17)16-14(21)18-10-3-4-12(18)11(5-10)13(19)20/h6-8,10-12H,3-5H2,1-2H3,(H,16,21)(H,19,20). The van der Waals surface area contributed by atoms with Crippen LogP contribution < -0.4 is 5.32 Å². The van der Waals surface area contributed by atoms with Gasteiger partial charge in [-0.3, -0.25) is 9.48 Å². The Balaban J connectivity index is 1.70. The number of hydrogen-bond donors (Lipinski definition) is 2. The second-order valence-corrected chi connectivity index (χ2v) is 6.12. The maximum Gasteiger partial charge on any atom is 0.322 e. The highest BCUT2D eigenvalue weighted by Crippen LogP contribution is 2.42. The van der Waals surface area contributed by atoms with Crippen molar-refractivity contribution in [3.63, 3.8) is 0 Å². The summed E-state index contributed by atoms with van der Waals surface area (Å²) >= 11 is 0. The van der Waals surface area contributed by atoms with Crippen molar-refractivity contribution in [1.29, 1.82) is 0 Å². The first-order valence-electron chi connectivity index (χ1n) is 7.33. The molecule has 7 heteroatoms. The number of carbonyl (C=O) groups excluding carboxylic acids is 1. The summed E-state index contributed by atoms with van der Waals surface area (Å²) in [5.74, 6) is -1.22. The summed E-state index contributed by atoms with van der Waals surface area (Å²) < 4.78 is 1.77. The number of nitrogens with zero attached hydrogens (tertiary/aromatic N) is 3. The number of hydrogen-bond acceptors (Lipinski definition) is 3. The SMILES string of the molecule is CC(C)n1cc(NC(=O)N2C3CCC2C(C(=O)O)C3)cn1. The molecule has 2 fully saturated rings. The van der Waals surface area contributed by atoms with Gasteiger partial charge in [-0.2, -0.15) is 5.10 Å². The van der Waals surface area contributed by atoms with Crippen LogP contribution in [0.1, 0.15) is 39.2 Å². The molecule has 1 aromatic heterocycles. The average Bonchev–Trinajstić information content (AvgIpc) is 3.11. The Bertz CT molecular complexity index is 568. The Morgan fingerprint density at radius 1 is 1.43 bits per heavy atom. The van der Waals surface area contributed by atoms with Gasteiger partial charge in [0.05, 0.1) is 17.8 Å². The third kappa shape index (κ3) is 2.36. The highest BCUT2D eigenvalue weighted by atomic mass is 16.4. The van der Waals surface area contributed by atoms with Crippen LogP contribution in [0.15, 0.2) is 12.4 Å². The molecule has 21 heavy (non-hydrogen) atoms. The lowest BCUT2D eigenvalue weighted by Crippen LogP contribution is -2.40. The summed E-state index contributed by atoms with van der Waals surface area (Å²) in [6.45, 7) is 4.02. The quantitative estimate of drug-likeness (QED) is 0.891. The Hall–Kier alpha value is -2.05. The monoisotopic (exact) mass is 292 g/mol. The van der Waals surface area contributed by atoms with Crippen LogP contribution >= 0.6 is 0 Å². The minimum absolute atomic E-state index is 0.0521. The lowest BCUT2D eigenvalue weighted by Gasteiger charge is -2.23. The summed E-state index contributed by atoms with van der Waals surface area (Å²) in [6.07, 6.45) is 5.64. The summed E-state index contributed by atoms with van der Waals surface area (Å²) in [7, 11) is 0. The number of anilines is 1. The van der Waals surface area contributed by atoms with Crippen LogP contribution in [-0.2, 0) is 4.79 Å². The zero-order chi connectivity index (χ0) is 15.1. The van der Waals surface area contributed by atoms with Crippen LogP contribution in [0.25, 0.3) is 0 Å². The topological polar surface area (TPSA) is 87.5 Å². The van der Waals surface area contributed by atoms with Crippen molar-refractivity contribution in [1.82, 2.24) is 14.7 Å². The first kappa shape index (κ1) is 13.9. The molecule has 0 radical (unpaired) electrons. The van der Waals surface area contributed by atoms with Gasteiger partial charge in [-0.15, -0.1) is 0 Å². The molecule has 3 atom stereocenters. The second kappa shape index (κ2) is 5.05. The van der Waals surface area contributed by atoms with E-state index in [-0.39, 0.29) is 24.2 Å². The van der Waals surface area contributed by atoms with Gasteiger partial charge in [0.15, 0.2) is 0 Å². The zero-order valence-electron chi connectivity index (χ0n) is 12.2. The minimum Gasteiger partial charge on any atom is -0.481 e. The van der Waals surface area contributed by atoms with E-state index in [9.17, 15) is 14.7 Å². The number of nitrogens with one attached hydrogen (secondary N) is 1. The van der Waals surface area contributed by atoms with Crippen molar-refractivity contribution in [3.8, 4) is 0 Å². The van der Waals surface area contributed by atoms with Crippen molar-refractivity contribution in [3.05, 3.63) is 12.4 Å². The van der Waals surface area contributed by atoms with Gasteiger partial charge in [0, 0.05) is 24.3 Å². The summed E-state index contributed by atoms with van der Waals surface area (Å²) in [5, 5.41) is 16.2. The minimum atomic E-state index is -0.798. The van der Waals surface area contributed by atoms with Crippen LogP contribution in [0.2, 0.25) is 0 Å². The van der Waals surface area contributed by atoms with Gasteiger partial charge in [0.25, 0.3) is 0 Å². The van der Waals surface area contributed by atoms with Gasteiger partial charge in [-0.1, -0.05) is 0 Å². The maximum atomic E-state index is 12.4. The van der Waals surface area contributed by atoms with Gasteiger partial charge in [-0.05, 0) is 33.1 Å². The molecule has 0 spiro atoms. The number of aromatic nitrogens is 2. The molecule has 3 rings (SSSR count). The Kier molecular flexibility index (Phi) is 3.35. The molecule has 2 bridgehead atoms. The molecule has 2 amide bonds. The van der Waals surface area contributed by atoms with E-state index in [2.05, 4.69) is 10.4 Å². The van der Waals surface area contributed by atoms with E-state index in [4.69, 9.17) is 0 Å². The van der Waals surface area contributed by atoms with E-state index in [0.717, 1.165) is 12.8 Å². The van der Waals surface area contributed by atoms with Gasteiger partial charge in [0.1, 0.15) is 0 Å². The molecule has 0 aliphatic carbocycles. The van der Waals surface area contributed by atoms with E-state index >= 15 is 0 Å². The molecule has 3 unspecified atom stereocenters. The summed E-state index contributed by atoms with van der Waals surface area (Å²) in [4.78, 5) is 25.3. The third-order valence-electron chi connectivity index (χ3n) is 4.47. The van der Waals surface area contributed by atoms with Crippen molar-refractivity contribution in [2.75, 3.05) is 5.32 Å². The van der Waals surface area contributed by atoms with Crippen molar-refractivity contribution in [2.24, 2.45) is 5.92 Å². The molecular formula is C14H20N4O3. The first-order valence-corrected chi connectivity index (χ1v) is 7.33. The molecule has 2 N–H and O–H groups in total. The van der Waals surface area contributed by atoms with Gasteiger partial charge >= 0.3 is 12.0 Å². The maximum absolute atomic E-state index is 12.4. The Morgan fingerprint density at radius 2 is 2.19 bits per heavy atom. The lowest BCUT2D eigenvalue weighted by molar-refractivity contribution is -0.142. The number of carboxylic acid groups (broad SMARTS) is 1. The Labute approximate surface area is 122 Å². The van der Waals surface area contributed by atoms with Crippen molar-refractivity contribution in [2.45, 2.75) is 51.2 Å². The molecule has 7 nitrogen and oxygen atoms in total. The molecule has 0 aromatic carbocycles. The van der Waals surface area contributed by atoms with E-state index in [0.29, 0.717) is 12.1 Å². The van der Waals surface area contributed by atoms with Crippen molar-refractivity contribution < 1.29 is 14.7 Å². The fourth-order valence-corrected chi connectivity index (χ4v) is 3.44. The molecule has 0 saturated carbocycles. The molecule has 3 heterocycles. The molecule has 2 aliphatic heterocycles. The molecule has 2 saturated heterocycles. The van der Waals surface area contributed by atoms with Crippen molar-refractivity contribution >= 4 is 17.7 Å². The fraction of sp³-hybridized carbons (Fsp3) is 0.643. The van der Waals surface area contributed by atoms with Gasteiger partial charge < -0.3 is 15.3 Å². The summed E-state index contributed by atoms with van der Waals surface area (Å²) in [6, 6.07) is -0.103. The van der Waals surface area contributed by atoms with Gasteiger partial charge in [-0.25, -0.2) is 4.79 Å². The predicted molar refractivity (Wildman–Crippen MR) is 76.0 cm³/mol. The van der Waals surface area contributed by atoms with Crippen LogP contribution in [0.4, 0.5) is 10.5 Å². The number of rotatable bonds is 3.